The first kappa shape index (κ1) is 43.7. The van der Waals surface area contributed by atoms with Gasteiger partial charge in [-0.2, -0.15) is 18.2 Å². The molecule has 2 atom stereocenters. The highest BCUT2D eigenvalue weighted by Crippen LogP contribution is 2.30. The number of ether oxygens (including phenoxy) is 4. The first-order chi connectivity index (χ1) is 20.9. The summed E-state index contributed by atoms with van der Waals surface area (Å²) >= 11 is 0.655. The number of guanidine groups is 1. The molecule has 0 aromatic heterocycles. The van der Waals surface area contributed by atoms with Crippen LogP contribution < -0.4 is 10.6 Å². The lowest BCUT2D eigenvalue weighted by molar-refractivity contribution is -0.217. The molecule has 272 valence electrons. The lowest BCUT2D eigenvalue weighted by Crippen LogP contribution is -2.55. The van der Waals surface area contributed by atoms with Gasteiger partial charge in [0.05, 0.1) is 6.04 Å². The lowest BCUT2D eigenvalue weighted by Gasteiger charge is -2.36. The molecule has 0 saturated heterocycles. The average molecular weight is 702 g/mol. The van der Waals surface area contributed by atoms with Gasteiger partial charge in [0.25, 0.3) is 0 Å². The van der Waals surface area contributed by atoms with Crippen molar-refractivity contribution in [1.82, 2.24) is 15.5 Å². The van der Waals surface area contributed by atoms with Crippen LogP contribution in [0.4, 0.5) is 32.3 Å². The Balaban J connectivity index is 6.62. The van der Waals surface area contributed by atoms with Crippen molar-refractivity contribution in [3.63, 3.8) is 0 Å². The second-order valence-corrected chi connectivity index (χ2v) is 14.9. The smallest absolute Gasteiger partial charge is 0.436 e. The van der Waals surface area contributed by atoms with Gasteiger partial charge in [-0.05, 0) is 102 Å². The summed E-state index contributed by atoms with van der Waals surface area (Å²) in [6.07, 6.45) is -12.3. The van der Waals surface area contributed by atoms with Gasteiger partial charge in [0, 0.05) is 6.54 Å². The highest BCUT2D eigenvalue weighted by atomic mass is 32.2. The monoisotopic (exact) mass is 701 g/mol. The Morgan fingerprint density at radius 3 is 1.55 bits per heavy atom. The van der Waals surface area contributed by atoms with Crippen molar-refractivity contribution >= 4 is 47.3 Å². The fourth-order valence-corrected chi connectivity index (χ4v) is 3.85. The maximum atomic E-state index is 14.0. The number of hydrogen-bond acceptors (Lipinski definition) is 11. The number of carbonyl (C=O) groups excluding carboxylic acids is 4. The molecule has 0 saturated carbocycles. The summed E-state index contributed by atoms with van der Waals surface area (Å²) in [6, 6.07) is -2.06. The maximum absolute atomic E-state index is 14.0. The van der Waals surface area contributed by atoms with Crippen LogP contribution in [-0.4, -0.2) is 99.0 Å². The van der Waals surface area contributed by atoms with E-state index in [0.29, 0.717) is 16.7 Å². The van der Waals surface area contributed by atoms with Crippen molar-refractivity contribution in [3.05, 3.63) is 0 Å². The number of hydrogen-bond donors (Lipinski definition) is 3. The Bertz CT molecular complexity index is 1120. The van der Waals surface area contributed by atoms with Gasteiger partial charge in [-0.1, -0.05) is 11.8 Å². The fraction of sp³-hybridized carbons (Fsp3) is 0.793. The third-order valence-electron chi connectivity index (χ3n) is 4.76. The molecule has 0 spiro atoms. The van der Waals surface area contributed by atoms with E-state index in [2.05, 4.69) is 20.6 Å². The van der Waals surface area contributed by atoms with Crippen molar-refractivity contribution in [2.45, 2.75) is 137 Å². The number of nitrogens with zero attached hydrogens (tertiary/aromatic N) is 3. The number of carbonyl (C=O) groups is 4. The van der Waals surface area contributed by atoms with Crippen molar-refractivity contribution in [2.75, 3.05) is 12.8 Å². The van der Waals surface area contributed by atoms with Gasteiger partial charge in [-0.15, -0.1) is 0 Å². The van der Waals surface area contributed by atoms with Crippen molar-refractivity contribution in [2.24, 2.45) is 9.98 Å². The Kier molecular flexibility index (Phi) is 16.0. The normalized spacial score (nSPS) is 14.3. The minimum Gasteiger partial charge on any atom is -0.444 e. The summed E-state index contributed by atoms with van der Waals surface area (Å²) in [5.41, 5.74) is -4.02. The molecule has 4 amide bonds. The second kappa shape index (κ2) is 17.2. The number of alkyl carbamates (subject to hydrolysis) is 2. The molecular formula is C29H50F3N5O9S. The van der Waals surface area contributed by atoms with Crippen molar-refractivity contribution < 1.29 is 56.4 Å². The molecule has 0 bridgehead atoms. The highest BCUT2D eigenvalue weighted by Gasteiger charge is 2.48. The van der Waals surface area contributed by atoms with Gasteiger partial charge in [-0.25, -0.2) is 24.1 Å². The summed E-state index contributed by atoms with van der Waals surface area (Å²) in [7, 11) is 0. The molecule has 2 unspecified atom stereocenters. The number of amidine groups is 1. The van der Waals surface area contributed by atoms with Crippen molar-refractivity contribution in [3.8, 4) is 0 Å². The molecule has 47 heavy (non-hydrogen) atoms. The molecule has 0 fully saturated rings. The Labute approximate surface area is 278 Å². The van der Waals surface area contributed by atoms with E-state index in [9.17, 15) is 37.5 Å². The van der Waals surface area contributed by atoms with Gasteiger partial charge in [0.2, 0.25) is 5.96 Å². The number of rotatable bonds is 6. The van der Waals surface area contributed by atoms with Gasteiger partial charge in [0.1, 0.15) is 22.4 Å². The van der Waals surface area contributed by atoms with Gasteiger partial charge >= 0.3 is 30.5 Å². The standard InChI is InChI=1S/C29H50F3N5O9S/c1-25(2,3)43-21(39)34-19(35-22(40)44-26(4,5)6)33-16-14-15-17(18(38)29(30,31)32)37(24(42)46-28(10,11)12)20(47-13)36-23(41)45-27(7,8)9/h17-18,38H,14-16H2,1-13H3,(H2,33,34,35,39,40). The van der Waals surface area contributed by atoms with Crippen LogP contribution in [-0.2, 0) is 18.9 Å². The average Bonchev–Trinajstić information content (AvgIpc) is 2.78. The predicted molar refractivity (Wildman–Crippen MR) is 171 cm³/mol. The maximum Gasteiger partial charge on any atom is 0.436 e. The van der Waals surface area contributed by atoms with Gasteiger partial charge in [0.15, 0.2) is 11.3 Å². The quantitative estimate of drug-likeness (QED) is 0.122. The SMILES string of the molecule is CSC(=NC(=O)OC(C)(C)C)N(C(=O)OC(C)(C)C)C(CCCN=C(NC(=O)OC(C)(C)C)NC(=O)OC(C)(C)C)C(O)C(F)(F)F. The molecule has 0 aromatic carbocycles. The van der Waals surface area contributed by atoms with E-state index in [1.807, 2.05) is 0 Å². The number of aliphatic imine (C=N–C) groups is 2. The molecule has 18 heteroatoms. The van der Waals surface area contributed by atoms with Crippen LogP contribution in [0.1, 0.15) is 95.9 Å². The van der Waals surface area contributed by atoms with E-state index in [0.717, 1.165) is 0 Å². The van der Waals surface area contributed by atoms with Crippen LogP contribution in [0.3, 0.4) is 0 Å². The van der Waals surface area contributed by atoms with E-state index in [4.69, 9.17) is 18.9 Å². The Morgan fingerprint density at radius 1 is 0.766 bits per heavy atom. The summed E-state index contributed by atoms with van der Waals surface area (Å²) < 4.78 is 62.8. The van der Waals surface area contributed by atoms with Crippen LogP contribution in [0.2, 0.25) is 0 Å². The Hall–Kier alpha value is -3.28. The molecule has 0 heterocycles. The molecule has 0 aromatic rings. The molecule has 0 aliphatic rings. The highest BCUT2D eigenvalue weighted by molar-refractivity contribution is 8.13. The Morgan fingerprint density at radius 2 is 1.19 bits per heavy atom. The van der Waals surface area contributed by atoms with E-state index in [1.165, 1.54) is 27.0 Å². The van der Waals surface area contributed by atoms with E-state index < -0.39 is 82.6 Å². The fourth-order valence-electron chi connectivity index (χ4n) is 3.28. The third kappa shape index (κ3) is 19.9. The second-order valence-electron chi connectivity index (χ2n) is 14.1. The molecule has 0 aliphatic carbocycles. The van der Waals surface area contributed by atoms with Crippen LogP contribution in [0.25, 0.3) is 0 Å². The summed E-state index contributed by atoms with van der Waals surface area (Å²) in [5, 5.41) is 14.4. The first-order valence-corrected chi connectivity index (χ1v) is 15.8. The minimum atomic E-state index is -5.22. The molecule has 0 aliphatic heterocycles. The number of thioether (sulfide) groups is 1. The third-order valence-corrected chi connectivity index (χ3v) is 5.41. The summed E-state index contributed by atoms with van der Waals surface area (Å²) in [5.74, 6) is -0.429. The van der Waals surface area contributed by atoms with Crippen molar-refractivity contribution in [1.29, 1.82) is 0 Å². The zero-order valence-electron chi connectivity index (χ0n) is 29.4. The van der Waals surface area contributed by atoms with Crippen LogP contribution in [0.15, 0.2) is 9.98 Å². The zero-order chi connectivity index (χ0) is 37.2. The topological polar surface area (TPSA) is 177 Å². The molecular weight excluding hydrogens is 651 g/mol. The van der Waals surface area contributed by atoms with E-state index in [1.54, 1.807) is 62.3 Å². The number of aliphatic hydroxyl groups is 1. The van der Waals surface area contributed by atoms with Crippen LogP contribution >= 0.6 is 11.8 Å². The number of alkyl halides is 3. The number of amides is 4. The summed E-state index contributed by atoms with van der Waals surface area (Å²) in [6.45, 7) is 18.3. The number of halogens is 3. The zero-order valence-corrected chi connectivity index (χ0v) is 30.2. The predicted octanol–water partition coefficient (Wildman–Crippen LogP) is 6.36. The van der Waals surface area contributed by atoms with E-state index in [-0.39, 0.29) is 13.0 Å². The molecule has 0 radical (unpaired) electrons. The van der Waals surface area contributed by atoms with Crippen LogP contribution in [0, 0.1) is 0 Å². The molecule has 0 rings (SSSR count). The molecule has 3 N–H and O–H groups in total. The summed E-state index contributed by atoms with van der Waals surface area (Å²) in [4.78, 5) is 58.8. The van der Waals surface area contributed by atoms with Gasteiger partial charge < -0.3 is 24.1 Å². The number of nitrogens with one attached hydrogen (secondary N) is 2. The lowest BCUT2D eigenvalue weighted by atomic mass is 10.0. The molecule has 14 nitrogen and oxygen atoms in total. The minimum absolute atomic E-state index is 0.249. The van der Waals surface area contributed by atoms with E-state index >= 15 is 0 Å². The van der Waals surface area contributed by atoms with Crippen LogP contribution in [0.5, 0.6) is 0 Å². The van der Waals surface area contributed by atoms with Gasteiger partial charge in [-0.3, -0.25) is 15.6 Å². The number of aliphatic hydroxyl groups excluding tert-OH is 1. The first-order valence-electron chi connectivity index (χ1n) is 14.6. The largest absolute Gasteiger partial charge is 0.444 e.